The van der Waals surface area contributed by atoms with Gasteiger partial charge in [0.15, 0.2) is 5.76 Å². The summed E-state index contributed by atoms with van der Waals surface area (Å²) in [6.45, 7) is 3.49. The summed E-state index contributed by atoms with van der Waals surface area (Å²) >= 11 is 0. The molecule has 1 N–H and O–H groups in total. The average molecular weight is 289 g/mol. The molecular weight excluding hydrogens is 274 g/mol. The number of hydrogen-bond donors (Lipinski definition) is 1. The molecule has 0 atom stereocenters. The first-order valence-corrected chi connectivity index (χ1v) is 6.49. The molecule has 1 amide bonds. The van der Waals surface area contributed by atoms with Gasteiger partial charge in [-0.15, -0.1) is 0 Å². The van der Waals surface area contributed by atoms with Crippen LogP contribution < -0.4 is 10.9 Å². The van der Waals surface area contributed by atoms with Crippen molar-refractivity contribution in [2.75, 3.05) is 13.2 Å². The van der Waals surface area contributed by atoms with Gasteiger partial charge in [-0.3, -0.25) is 9.59 Å². The third kappa shape index (κ3) is 3.47. The van der Waals surface area contributed by atoms with Crippen molar-refractivity contribution in [2.24, 2.45) is 0 Å². The molecule has 0 aliphatic heterocycles. The molecule has 0 radical (unpaired) electrons. The molecule has 1 heterocycles. The van der Waals surface area contributed by atoms with Crippen LogP contribution in [0.5, 0.6) is 0 Å². The molecule has 6 nitrogen and oxygen atoms in total. The number of carbonyl (C=O) groups excluding carboxylic acids is 2. The lowest BCUT2D eigenvalue weighted by molar-refractivity contribution is -0.141. The Morgan fingerprint density at radius 3 is 2.76 bits per heavy atom. The van der Waals surface area contributed by atoms with Crippen LogP contribution in [0.25, 0.3) is 10.8 Å². The number of carbonyl (C=O) groups is 2. The first-order valence-electron chi connectivity index (χ1n) is 6.49. The second-order valence-electron chi connectivity index (χ2n) is 4.48. The number of nitrogens with one attached hydrogen (secondary N) is 1. The van der Waals surface area contributed by atoms with E-state index in [1.807, 2.05) is 13.0 Å². The number of hydrogen-bond acceptors (Lipinski definition) is 5. The molecule has 0 bridgehead atoms. The van der Waals surface area contributed by atoms with Crippen LogP contribution in [0, 0.1) is 6.92 Å². The Balaban J connectivity index is 2.22. The quantitative estimate of drug-likeness (QED) is 0.860. The first-order chi connectivity index (χ1) is 10.0. The van der Waals surface area contributed by atoms with E-state index >= 15 is 0 Å². The van der Waals surface area contributed by atoms with E-state index in [2.05, 4.69) is 10.1 Å². The minimum Gasteiger partial charge on any atom is -0.465 e. The van der Waals surface area contributed by atoms with E-state index in [0.717, 1.165) is 5.56 Å². The highest BCUT2D eigenvalue weighted by Crippen LogP contribution is 2.14. The van der Waals surface area contributed by atoms with Gasteiger partial charge in [-0.05, 0) is 31.4 Å². The molecule has 0 saturated carbocycles. The Hall–Kier alpha value is -2.63. The van der Waals surface area contributed by atoms with E-state index < -0.39 is 17.5 Å². The fraction of sp³-hybridized carbons (Fsp3) is 0.267. The van der Waals surface area contributed by atoms with Crippen LogP contribution in [0.15, 0.2) is 33.5 Å². The summed E-state index contributed by atoms with van der Waals surface area (Å²) in [6, 6.07) is 6.74. The molecule has 21 heavy (non-hydrogen) atoms. The number of fused-ring (bicyclic) bond motifs is 1. The third-order valence-corrected chi connectivity index (χ3v) is 2.84. The van der Waals surface area contributed by atoms with Crippen molar-refractivity contribution < 1.29 is 18.7 Å². The summed E-state index contributed by atoms with van der Waals surface area (Å²) in [5.41, 5.74) is 0.340. The zero-order valence-electron chi connectivity index (χ0n) is 11.8. The smallest absolute Gasteiger partial charge is 0.344 e. The van der Waals surface area contributed by atoms with Crippen molar-refractivity contribution in [3.63, 3.8) is 0 Å². The molecule has 0 aliphatic rings. The van der Waals surface area contributed by atoms with Crippen molar-refractivity contribution in [2.45, 2.75) is 13.8 Å². The maximum atomic E-state index is 11.9. The van der Waals surface area contributed by atoms with Crippen molar-refractivity contribution >= 4 is 22.6 Å². The number of esters is 1. The molecular formula is C15H15NO5. The lowest BCUT2D eigenvalue weighted by Crippen LogP contribution is -2.31. The van der Waals surface area contributed by atoms with E-state index in [0.29, 0.717) is 10.8 Å². The van der Waals surface area contributed by atoms with Crippen LogP contribution in [-0.4, -0.2) is 25.0 Å². The maximum Gasteiger partial charge on any atom is 0.344 e. The predicted molar refractivity (Wildman–Crippen MR) is 76.2 cm³/mol. The maximum absolute atomic E-state index is 11.9. The first kappa shape index (κ1) is 14.8. The molecule has 1 aromatic heterocycles. The topological polar surface area (TPSA) is 85.6 Å². The van der Waals surface area contributed by atoms with Gasteiger partial charge in [0, 0.05) is 0 Å². The van der Waals surface area contributed by atoms with Gasteiger partial charge in [0.2, 0.25) is 0 Å². The summed E-state index contributed by atoms with van der Waals surface area (Å²) in [5, 5.41) is 3.36. The number of aryl methyl sites for hydroxylation is 1. The van der Waals surface area contributed by atoms with E-state index in [1.54, 1.807) is 19.1 Å². The fourth-order valence-corrected chi connectivity index (χ4v) is 1.86. The second kappa shape index (κ2) is 6.21. The van der Waals surface area contributed by atoms with Gasteiger partial charge < -0.3 is 14.5 Å². The summed E-state index contributed by atoms with van der Waals surface area (Å²) in [4.78, 5) is 34.9. The van der Waals surface area contributed by atoms with Gasteiger partial charge in [-0.25, -0.2) is 4.79 Å². The van der Waals surface area contributed by atoms with Gasteiger partial charge >= 0.3 is 11.6 Å². The van der Waals surface area contributed by atoms with E-state index in [1.165, 1.54) is 6.07 Å². The fourth-order valence-electron chi connectivity index (χ4n) is 1.86. The van der Waals surface area contributed by atoms with Gasteiger partial charge in [0.1, 0.15) is 6.54 Å². The molecule has 0 fully saturated rings. The van der Waals surface area contributed by atoms with Gasteiger partial charge in [-0.2, -0.15) is 0 Å². The zero-order valence-corrected chi connectivity index (χ0v) is 11.8. The Morgan fingerprint density at radius 1 is 1.29 bits per heavy atom. The number of rotatable bonds is 4. The lowest BCUT2D eigenvalue weighted by Gasteiger charge is -2.05. The van der Waals surface area contributed by atoms with Crippen LogP contribution in [0.2, 0.25) is 0 Å². The Morgan fingerprint density at radius 2 is 2.05 bits per heavy atom. The molecule has 0 saturated heterocycles. The third-order valence-electron chi connectivity index (χ3n) is 2.84. The molecule has 0 unspecified atom stereocenters. The van der Waals surface area contributed by atoms with Crippen LogP contribution in [-0.2, 0) is 9.53 Å². The second-order valence-corrected chi connectivity index (χ2v) is 4.48. The Bertz CT molecular complexity index is 747. The molecule has 2 rings (SSSR count). The van der Waals surface area contributed by atoms with E-state index in [4.69, 9.17) is 4.42 Å². The van der Waals surface area contributed by atoms with Crippen molar-refractivity contribution in [3.05, 3.63) is 46.0 Å². The molecule has 0 aliphatic carbocycles. The summed E-state index contributed by atoms with van der Waals surface area (Å²) < 4.78 is 9.67. The van der Waals surface area contributed by atoms with Crippen molar-refractivity contribution in [1.29, 1.82) is 0 Å². The van der Waals surface area contributed by atoms with Crippen LogP contribution in [0.3, 0.4) is 0 Å². The lowest BCUT2D eigenvalue weighted by atomic mass is 10.1. The highest BCUT2D eigenvalue weighted by atomic mass is 16.5. The van der Waals surface area contributed by atoms with Crippen molar-refractivity contribution in [3.8, 4) is 0 Å². The van der Waals surface area contributed by atoms with Gasteiger partial charge in [-0.1, -0.05) is 17.7 Å². The minimum absolute atomic E-state index is 0.138. The molecule has 110 valence electrons. The number of ether oxygens (including phenoxy) is 1. The average Bonchev–Trinajstić information content (AvgIpc) is 2.45. The largest absolute Gasteiger partial charge is 0.465 e. The number of amides is 1. The molecule has 0 spiro atoms. The Labute approximate surface area is 120 Å². The Kier molecular flexibility index (Phi) is 4.37. The predicted octanol–water partition coefficient (Wildman–Crippen LogP) is 1.39. The monoisotopic (exact) mass is 289 g/mol. The van der Waals surface area contributed by atoms with Crippen molar-refractivity contribution in [1.82, 2.24) is 5.32 Å². The minimum atomic E-state index is -0.636. The van der Waals surface area contributed by atoms with Crippen LogP contribution in [0.1, 0.15) is 23.0 Å². The number of benzene rings is 1. The van der Waals surface area contributed by atoms with E-state index in [-0.39, 0.29) is 18.9 Å². The normalized spacial score (nSPS) is 10.4. The molecule has 6 heteroatoms. The highest BCUT2D eigenvalue weighted by molar-refractivity contribution is 5.96. The standard InChI is InChI=1S/C15H15NO5/c1-3-20-13(17)8-16-14(18)12-7-10-5-4-9(2)6-11(10)15(19)21-12/h4-7H,3,8H2,1-2H3,(H,16,18). The summed E-state index contributed by atoms with van der Waals surface area (Å²) in [5.74, 6) is -1.33. The summed E-state index contributed by atoms with van der Waals surface area (Å²) in [6.07, 6.45) is 0. The van der Waals surface area contributed by atoms with Crippen LogP contribution in [0.4, 0.5) is 0 Å². The molecule has 1 aromatic carbocycles. The highest BCUT2D eigenvalue weighted by Gasteiger charge is 2.13. The zero-order chi connectivity index (χ0) is 15.4. The van der Waals surface area contributed by atoms with Gasteiger partial charge in [0.05, 0.1) is 12.0 Å². The summed E-state index contributed by atoms with van der Waals surface area (Å²) in [7, 11) is 0. The SMILES string of the molecule is CCOC(=O)CNC(=O)c1cc2ccc(C)cc2c(=O)o1. The van der Waals surface area contributed by atoms with Crippen LogP contribution >= 0.6 is 0 Å². The van der Waals surface area contributed by atoms with Gasteiger partial charge in [0.25, 0.3) is 5.91 Å². The van der Waals surface area contributed by atoms with E-state index in [9.17, 15) is 14.4 Å². The molecule has 2 aromatic rings.